The molecule has 0 amide bonds. The first-order chi connectivity index (χ1) is 8.29. The Labute approximate surface area is 103 Å². The first-order valence-corrected chi connectivity index (χ1v) is 6.40. The molecule has 1 fully saturated rings. The fourth-order valence-electron chi connectivity index (χ4n) is 2.11. The molecular formula is C14H21NO2. The summed E-state index contributed by atoms with van der Waals surface area (Å²) in [6.45, 7) is 6.82. The maximum atomic E-state index is 6.00. The summed E-state index contributed by atoms with van der Waals surface area (Å²) < 4.78 is 11.5. The third-order valence-electron chi connectivity index (χ3n) is 3.00. The SMILES string of the molecule is CCOc1ccc(OC2CCCNC2)c(C)c1. The van der Waals surface area contributed by atoms with Gasteiger partial charge < -0.3 is 14.8 Å². The second kappa shape index (κ2) is 5.92. The van der Waals surface area contributed by atoms with Crippen LogP contribution in [0.15, 0.2) is 18.2 Å². The molecule has 0 aromatic heterocycles. The first kappa shape index (κ1) is 12.2. The van der Waals surface area contributed by atoms with E-state index in [1.54, 1.807) is 0 Å². The standard InChI is InChI=1S/C14H21NO2/c1-3-16-12-6-7-14(11(2)9-12)17-13-5-4-8-15-10-13/h6-7,9,13,15H,3-5,8,10H2,1-2H3. The minimum absolute atomic E-state index is 0.306. The number of rotatable bonds is 4. The van der Waals surface area contributed by atoms with Crippen LogP contribution in [-0.4, -0.2) is 25.8 Å². The van der Waals surface area contributed by atoms with E-state index >= 15 is 0 Å². The van der Waals surface area contributed by atoms with Crippen LogP contribution in [0.4, 0.5) is 0 Å². The van der Waals surface area contributed by atoms with Crippen LogP contribution in [-0.2, 0) is 0 Å². The third-order valence-corrected chi connectivity index (χ3v) is 3.00. The zero-order valence-electron chi connectivity index (χ0n) is 10.7. The molecule has 0 radical (unpaired) electrons. The molecule has 1 aliphatic heterocycles. The molecule has 1 aromatic carbocycles. The van der Waals surface area contributed by atoms with Gasteiger partial charge in [0.05, 0.1) is 6.61 Å². The average molecular weight is 235 g/mol. The lowest BCUT2D eigenvalue weighted by atomic mass is 10.1. The Bertz CT molecular complexity index is 359. The van der Waals surface area contributed by atoms with Crippen molar-refractivity contribution in [1.82, 2.24) is 5.32 Å². The maximum absolute atomic E-state index is 6.00. The summed E-state index contributed by atoms with van der Waals surface area (Å²) in [7, 11) is 0. The van der Waals surface area contributed by atoms with Crippen molar-refractivity contribution in [3.05, 3.63) is 23.8 Å². The van der Waals surface area contributed by atoms with Crippen LogP contribution < -0.4 is 14.8 Å². The van der Waals surface area contributed by atoms with Gasteiger partial charge in [-0.1, -0.05) is 0 Å². The Morgan fingerprint density at radius 1 is 1.41 bits per heavy atom. The van der Waals surface area contributed by atoms with Crippen molar-refractivity contribution in [2.45, 2.75) is 32.8 Å². The van der Waals surface area contributed by atoms with Gasteiger partial charge in [0.2, 0.25) is 0 Å². The number of piperidine rings is 1. The van der Waals surface area contributed by atoms with Gasteiger partial charge in [0.15, 0.2) is 0 Å². The minimum atomic E-state index is 0.306. The summed E-state index contributed by atoms with van der Waals surface area (Å²) in [5.41, 5.74) is 1.14. The van der Waals surface area contributed by atoms with Gasteiger partial charge in [0.1, 0.15) is 17.6 Å². The number of hydrogen-bond donors (Lipinski definition) is 1. The van der Waals surface area contributed by atoms with E-state index in [1.165, 1.54) is 6.42 Å². The lowest BCUT2D eigenvalue weighted by Gasteiger charge is -2.24. The van der Waals surface area contributed by atoms with Crippen LogP contribution in [0.2, 0.25) is 0 Å². The number of benzene rings is 1. The van der Waals surface area contributed by atoms with Gasteiger partial charge in [-0.3, -0.25) is 0 Å². The van der Waals surface area contributed by atoms with Crippen molar-refractivity contribution in [1.29, 1.82) is 0 Å². The highest BCUT2D eigenvalue weighted by Crippen LogP contribution is 2.25. The van der Waals surface area contributed by atoms with Crippen molar-refractivity contribution < 1.29 is 9.47 Å². The molecular weight excluding hydrogens is 214 g/mol. The molecule has 1 aliphatic rings. The number of hydrogen-bond acceptors (Lipinski definition) is 3. The van der Waals surface area contributed by atoms with Gasteiger partial charge in [0.25, 0.3) is 0 Å². The maximum Gasteiger partial charge on any atom is 0.122 e. The highest BCUT2D eigenvalue weighted by molar-refractivity contribution is 5.39. The molecule has 0 spiro atoms. The van der Waals surface area contributed by atoms with Crippen LogP contribution in [0.3, 0.4) is 0 Å². The van der Waals surface area contributed by atoms with Crippen molar-refractivity contribution in [2.75, 3.05) is 19.7 Å². The lowest BCUT2D eigenvalue weighted by Crippen LogP contribution is -2.37. The number of ether oxygens (including phenoxy) is 2. The smallest absolute Gasteiger partial charge is 0.122 e. The second-order valence-electron chi connectivity index (χ2n) is 4.45. The highest BCUT2D eigenvalue weighted by atomic mass is 16.5. The van der Waals surface area contributed by atoms with Crippen LogP contribution in [0, 0.1) is 6.92 Å². The molecule has 0 bridgehead atoms. The number of aryl methyl sites for hydroxylation is 1. The number of nitrogens with one attached hydrogen (secondary N) is 1. The summed E-state index contributed by atoms with van der Waals surface area (Å²) >= 11 is 0. The predicted octanol–water partition coefficient (Wildman–Crippen LogP) is 2.52. The van der Waals surface area contributed by atoms with Crippen molar-refractivity contribution in [3.63, 3.8) is 0 Å². The summed E-state index contributed by atoms with van der Waals surface area (Å²) in [5, 5.41) is 3.36. The topological polar surface area (TPSA) is 30.5 Å². The molecule has 3 heteroatoms. The first-order valence-electron chi connectivity index (χ1n) is 6.40. The highest BCUT2D eigenvalue weighted by Gasteiger charge is 2.15. The molecule has 2 rings (SSSR count). The molecule has 17 heavy (non-hydrogen) atoms. The van der Waals surface area contributed by atoms with E-state index < -0.39 is 0 Å². The van der Waals surface area contributed by atoms with E-state index in [4.69, 9.17) is 9.47 Å². The monoisotopic (exact) mass is 235 g/mol. The summed E-state index contributed by atoms with van der Waals surface area (Å²) in [6, 6.07) is 6.02. The van der Waals surface area contributed by atoms with Crippen LogP contribution in [0.5, 0.6) is 11.5 Å². The van der Waals surface area contributed by atoms with E-state index in [9.17, 15) is 0 Å². The van der Waals surface area contributed by atoms with Gasteiger partial charge in [0, 0.05) is 6.54 Å². The van der Waals surface area contributed by atoms with Gasteiger partial charge in [-0.25, -0.2) is 0 Å². The molecule has 1 aromatic rings. The second-order valence-corrected chi connectivity index (χ2v) is 4.45. The Hall–Kier alpha value is -1.22. The zero-order chi connectivity index (χ0) is 12.1. The predicted molar refractivity (Wildman–Crippen MR) is 68.9 cm³/mol. The van der Waals surface area contributed by atoms with Crippen LogP contribution in [0.25, 0.3) is 0 Å². The minimum Gasteiger partial charge on any atom is -0.494 e. The Balaban J connectivity index is 2.00. The van der Waals surface area contributed by atoms with E-state index in [0.717, 1.165) is 36.6 Å². The quantitative estimate of drug-likeness (QED) is 0.870. The molecule has 1 N–H and O–H groups in total. The lowest BCUT2D eigenvalue weighted by molar-refractivity contribution is 0.166. The molecule has 0 aliphatic carbocycles. The van der Waals surface area contributed by atoms with E-state index in [0.29, 0.717) is 12.7 Å². The van der Waals surface area contributed by atoms with Crippen LogP contribution in [0.1, 0.15) is 25.3 Å². The Morgan fingerprint density at radius 3 is 2.94 bits per heavy atom. The molecule has 1 heterocycles. The molecule has 1 atom stereocenters. The van der Waals surface area contributed by atoms with E-state index in [2.05, 4.69) is 12.2 Å². The Kier molecular flexibility index (Phi) is 4.26. The largest absolute Gasteiger partial charge is 0.494 e. The molecule has 3 nitrogen and oxygen atoms in total. The molecule has 1 saturated heterocycles. The van der Waals surface area contributed by atoms with Gasteiger partial charge in [-0.2, -0.15) is 0 Å². The summed E-state index contributed by atoms with van der Waals surface area (Å²) in [6.07, 6.45) is 2.64. The molecule has 94 valence electrons. The van der Waals surface area contributed by atoms with Crippen molar-refractivity contribution in [3.8, 4) is 11.5 Å². The summed E-state index contributed by atoms with van der Waals surface area (Å²) in [4.78, 5) is 0. The van der Waals surface area contributed by atoms with Crippen LogP contribution >= 0.6 is 0 Å². The fourth-order valence-corrected chi connectivity index (χ4v) is 2.11. The fraction of sp³-hybridized carbons (Fsp3) is 0.571. The molecule has 0 saturated carbocycles. The van der Waals surface area contributed by atoms with Crippen molar-refractivity contribution in [2.24, 2.45) is 0 Å². The van der Waals surface area contributed by atoms with E-state index in [-0.39, 0.29) is 0 Å². The normalized spacial score (nSPS) is 20.0. The average Bonchev–Trinajstić information content (AvgIpc) is 2.34. The summed E-state index contributed by atoms with van der Waals surface area (Å²) in [5.74, 6) is 1.89. The van der Waals surface area contributed by atoms with Gasteiger partial charge in [-0.15, -0.1) is 0 Å². The van der Waals surface area contributed by atoms with Gasteiger partial charge >= 0.3 is 0 Å². The van der Waals surface area contributed by atoms with E-state index in [1.807, 2.05) is 25.1 Å². The van der Waals surface area contributed by atoms with Gasteiger partial charge in [-0.05, 0) is 57.0 Å². The zero-order valence-corrected chi connectivity index (χ0v) is 10.7. The van der Waals surface area contributed by atoms with Crippen molar-refractivity contribution >= 4 is 0 Å². The Morgan fingerprint density at radius 2 is 2.29 bits per heavy atom. The molecule has 1 unspecified atom stereocenters. The third kappa shape index (κ3) is 3.37.